The van der Waals surface area contributed by atoms with Crippen molar-refractivity contribution in [3.63, 3.8) is 0 Å². The third-order valence-corrected chi connectivity index (χ3v) is 5.56. The van der Waals surface area contributed by atoms with Crippen LogP contribution in [0.2, 0.25) is 0 Å². The van der Waals surface area contributed by atoms with Crippen LogP contribution in [0.4, 0.5) is 0 Å². The lowest BCUT2D eigenvalue weighted by atomic mass is 9.78. The summed E-state index contributed by atoms with van der Waals surface area (Å²) < 4.78 is 0. The van der Waals surface area contributed by atoms with Crippen molar-refractivity contribution in [3.8, 4) is 0 Å². The van der Waals surface area contributed by atoms with Crippen molar-refractivity contribution >= 4 is 17.3 Å². The molecule has 0 bridgehead atoms. The van der Waals surface area contributed by atoms with Crippen molar-refractivity contribution in [1.82, 2.24) is 15.6 Å². The van der Waals surface area contributed by atoms with Gasteiger partial charge >= 0.3 is 0 Å². The standard InChI is InChI=1S/C19H26N4S/c1-3-16-13-22-18(24-16)9-10-21-19(20-4-2)23-12-15-11-14-7-5-6-8-17(14)15/h5-8,13,15H,3-4,9-12H2,1-2H3,(H2,20,21,23). The summed E-state index contributed by atoms with van der Waals surface area (Å²) in [5.41, 5.74) is 2.94. The number of benzene rings is 1. The zero-order valence-corrected chi connectivity index (χ0v) is 15.3. The number of thiazole rings is 1. The first-order valence-corrected chi connectivity index (χ1v) is 9.65. The van der Waals surface area contributed by atoms with Crippen molar-refractivity contribution in [2.75, 3.05) is 19.6 Å². The van der Waals surface area contributed by atoms with Crippen LogP contribution in [0.25, 0.3) is 0 Å². The molecule has 4 nitrogen and oxygen atoms in total. The van der Waals surface area contributed by atoms with E-state index in [1.807, 2.05) is 17.5 Å². The number of nitrogens with zero attached hydrogens (tertiary/aromatic N) is 2. The summed E-state index contributed by atoms with van der Waals surface area (Å²) in [5.74, 6) is 1.48. The fraction of sp³-hybridized carbons (Fsp3) is 0.474. The van der Waals surface area contributed by atoms with E-state index in [-0.39, 0.29) is 0 Å². The summed E-state index contributed by atoms with van der Waals surface area (Å²) in [6, 6.07) is 8.69. The fourth-order valence-electron chi connectivity index (χ4n) is 2.98. The summed E-state index contributed by atoms with van der Waals surface area (Å²) in [6.07, 6.45) is 5.16. The molecule has 0 amide bonds. The van der Waals surface area contributed by atoms with E-state index in [9.17, 15) is 0 Å². The first-order valence-electron chi connectivity index (χ1n) is 8.83. The molecule has 1 aromatic heterocycles. The van der Waals surface area contributed by atoms with Crippen LogP contribution >= 0.6 is 11.3 Å². The van der Waals surface area contributed by atoms with E-state index >= 15 is 0 Å². The molecule has 0 aliphatic heterocycles. The molecule has 1 aliphatic carbocycles. The van der Waals surface area contributed by atoms with E-state index in [1.165, 1.54) is 21.0 Å². The van der Waals surface area contributed by atoms with Gasteiger partial charge in [0.2, 0.25) is 0 Å². The van der Waals surface area contributed by atoms with Crippen LogP contribution in [0.3, 0.4) is 0 Å². The van der Waals surface area contributed by atoms with Gasteiger partial charge in [0.25, 0.3) is 0 Å². The normalized spacial score (nSPS) is 16.4. The maximum Gasteiger partial charge on any atom is 0.191 e. The third kappa shape index (κ3) is 4.15. The second-order valence-electron chi connectivity index (χ2n) is 6.07. The predicted molar refractivity (Wildman–Crippen MR) is 102 cm³/mol. The van der Waals surface area contributed by atoms with E-state index in [0.717, 1.165) is 44.9 Å². The molecule has 1 atom stereocenters. The topological polar surface area (TPSA) is 49.3 Å². The number of guanidine groups is 1. The van der Waals surface area contributed by atoms with Crippen molar-refractivity contribution in [3.05, 3.63) is 51.5 Å². The van der Waals surface area contributed by atoms with Crippen LogP contribution in [-0.2, 0) is 19.3 Å². The van der Waals surface area contributed by atoms with Gasteiger partial charge in [-0.05, 0) is 30.9 Å². The van der Waals surface area contributed by atoms with Crippen LogP contribution in [0.15, 0.2) is 35.5 Å². The van der Waals surface area contributed by atoms with Gasteiger partial charge in [-0.2, -0.15) is 0 Å². The minimum atomic E-state index is 0.572. The highest BCUT2D eigenvalue weighted by Gasteiger charge is 2.24. The molecule has 1 aromatic carbocycles. The highest BCUT2D eigenvalue weighted by molar-refractivity contribution is 7.11. The monoisotopic (exact) mass is 342 g/mol. The lowest BCUT2D eigenvalue weighted by Gasteiger charge is -2.28. The average Bonchev–Trinajstić information content (AvgIpc) is 3.03. The first kappa shape index (κ1) is 17.0. The number of rotatable bonds is 7. The Kier molecular flexibility index (Phi) is 5.86. The minimum Gasteiger partial charge on any atom is -0.357 e. The highest BCUT2D eigenvalue weighted by atomic mass is 32.1. The molecule has 1 unspecified atom stereocenters. The Labute approximate surface area is 148 Å². The average molecular weight is 343 g/mol. The molecule has 0 spiro atoms. The lowest BCUT2D eigenvalue weighted by molar-refractivity contribution is 0.614. The zero-order chi connectivity index (χ0) is 16.8. The van der Waals surface area contributed by atoms with Gasteiger partial charge in [0.15, 0.2) is 5.96 Å². The predicted octanol–water partition coefficient (Wildman–Crippen LogP) is 3.14. The number of hydrogen-bond acceptors (Lipinski definition) is 3. The number of aryl methyl sites for hydroxylation is 1. The molecule has 2 aromatic rings. The van der Waals surface area contributed by atoms with Gasteiger partial charge in [-0.1, -0.05) is 31.2 Å². The number of aliphatic imine (C=N–C) groups is 1. The van der Waals surface area contributed by atoms with Gasteiger partial charge in [0.05, 0.1) is 5.01 Å². The van der Waals surface area contributed by atoms with Crippen molar-refractivity contribution < 1.29 is 0 Å². The van der Waals surface area contributed by atoms with Crippen molar-refractivity contribution in [2.45, 2.75) is 39.0 Å². The molecule has 5 heteroatoms. The van der Waals surface area contributed by atoms with E-state index in [4.69, 9.17) is 4.99 Å². The second kappa shape index (κ2) is 8.29. The van der Waals surface area contributed by atoms with Crippen LogP contribution in [0, 0.1) is 0 Å². The Morgan fingerprint density at radius 3 is 2.92 bits per heavy atom. The van der Waals surface area contributed by atoms with Crippen molar-refractivity contribution in [1.29, 1.82) is 0 Å². The summed E-state index contributed by atoms with van der Waals surface area (Å²) in [6.45, 7) is 6.87. The summed E-state index contributed by atoms with van der Waals surface area (Å²) in [5, 5.41) is 7.96. The first-order chi connectivity index (χ1) is 11.8. The maximum atomic E-state index is 4.76. The van der Waals surface area contributed by atoms with E-state index in [1.54, 1.807) is 0 Å². The van der Waals surface area contributed by atoms with E-state index in [0.29, 0.717) is 5.92 Å². The summed E-state index contributed by atoms with van der Waals surface area (Å²) in [4.78, 5) is 10.6. The lowest BCUT2D eigenvalue weighted by Crippen LogP contribution is -2.39. The van der Waals surface area contributed by atoms with Gasteiger partial charge in [-0.25, -0.2) is 4.98 Å². The summed E-state index contributed by atoms with van der Waals surface area (Å²) in [7, 11) is 0. The smallest absolute Gasteiger partial charge is 0.191 e. The van der Waals surface area contributed by atoms with Crippen molar-refractivity contribution in [2.24, 2.45) is 4.99 Å². The molecule has 1 aliphatic rings. The maximum absolute atomic E-state index is 4.76. The number of hydrogen-bond donors (Lipinski definition) is 2. The number of aromatic nitrogens is 1. The summed E-state index contributed by atoms with van der Waals surface area (Å²) >= 11 is 1.81. The van der Waals surface area contributed by atoms with E-state index in [2.05, 4.69) is 53.7 Å². The Balaban J connectivity index is 1.49. The van der Waals surface area contributed by atoms with Gasteiger partial charge in [-0.15, -0.1) is 11.3 Å². The molecule has 0 saturated carbocycles. The Morgan fingerprint density at radius 1 is 1.29 bits per heavy atom. The highest BCUT2D eigenvalue weighted by Crippen LogP contribution is 2.34. The quantitative estimate of drug-likeness (QED) is 0.600. The molecule has 128 valence electrons. The molecule has 3 rings (SSSR count). The molecule has 1 heterocycles. The van der Waals surface area contributed by atoms with Crippen LogP contribution < -0.4 is 10.6 Å². The molecular formula is C19H26N4S. The third-order valence-electron chi connectivity index (χ3n) is 4.36. The van der Waals surface area contributed by atoms with E-state index < -0.39 is 0 Å². The molecule has 24 heavy (non-hydrogen) atoms. The zero-order valence-electron chi connectivity index (χ0n) is 14.5. The Hall–Kier alpha value is -1.88. The Bertz CT molecular complexity index is 692. The minimum absolute atomic E-state index is 0.572. The second-order valence-corrected chi connectivity index (χ2v) is 7.27. The van der Waals surface area contributed by atoms with Gasteiger partial charge in [0.1, 0.15) is 0 Å². The molecule has 0 saturated heterocycles. The number of fused-ring (bicyclic) bond motifs is 1. The molecule has 0 fully saturated rings. The largest absolute Gasteiger partial charge is 0.357 e. The Morgan fingerprint density at radius 2 is 2.17 bits per heavy atom. The van der Waals surface area contributed by atoms with Gasteiger partial charge < -0.3 is 10.6 Å². The van der Waals surface area contributed by atoms with Crippen LogP contribution in [-0.4, -0.2) is 30.6 Å². The molecule has 2 N–H and O–H groups in total. The SMILES string of the molecule is CCNC(=NCC1Cc2ccccc21)NCCc1ncc(CC)s1. The molecular weight excluding hydrogens is 316 g/mol. The van der Waals surface area contributed by atoms with Gasteiger partial charge in [-0.3, -0.25) is 4.99 Å². The molecule has 0 radical (unpaired) electrons. The fourth-order valence-corrected chi connectivity index (χ4v) is 3.85. The van der Waals surface area contributed by atoms with Crippen LogP contribution in [0.1, 0.15) is 40.8 Å². The number of nitrogens with one attached hydrogen (secondary N) is 2. The van der Waals surface area contributed by atoms with Gasteiger partial charge in [0, 0.05) is 43.0 Å². The van der Waals surface area contributed by atoms with Crippen LogP contribution in [0.5, 0.6) is 0 Å².